The molecule has 1 aliphatic rings. The van der Waals surface area contributed by atoms with Gasteiger partial charge in [-0.1, -0.05) is 6.07 Å². The van der Waals surface area contributed by atoms with E-state index in [1.54, 1.807) is 14.2 Å². The highest BCUT2D eigenvalue weighted by Gasteiger charge is 2.28. The van der Waals surface area contributed by atoms with Crippen LogP contribution < -0.4 is 9.47 Å². The molecular formula is C16H23N3O2. The van der Waals surface area contributed by atoms with Gasteiger partial charge in [-0.25, -0.2) is 0 Å². The van der Waals surface area contributed by atoms with E-state index in [0.29, 0.717) is 17.5 Å². The van der Waals surface area contributed by atoms with Gasteiger partial charge in [0.25, 0.3) is 0 Å². The second kappa shape index (κ2) is 6.79. The lowest BCUT2D eigenvalue weighted by atomic mass is 10.0. The maximum atomic E-state index is 9.60. The monoisotopic (exact) mass is 289 g/mol. The Balaban J connectivity index is 2.24. The van der Waals surface area contributed by atoms with E-state index in [1.165, 1.54) is 0 Å². The van der Waals surface area contributed by atoms with Gasteiger partial charge < -0.3 is 14.4 Å². The quantitative estimate of drug-likeness (QED) is 0.847. The molecule has 0 saturated carbocycles. The minimum absolute atomic E-state index is 0.249. The fourth-order valence-electron chi connectivity index (χ4n) is 2.70. The summed E-state index contributed by atoms with van der Waals surface area (Å²) in [6, 6.07) is 8.33. The third-order valence-electron chi connectivity index (χ3n) is 4.20. The molecule has 1 aliphatic heterocycles. The smallest absolute Gasteiger partial charge is 0.161 e. The molecule has 114 valence electrons. The van der Waals surface area contributed by atoms with Gasteiger partial charge in [-0.3, -0.25) is 4.90 Å². The SMILES string of the molecule is COc1ccc(C(C#N)N2CCN(C)C(C)C2)cc1OC. The lowest BCUT2D eigenvalue weighted by molar-refractivity contribution is 0.0880. The van der Waals surface area contributed by atoms with E-state index in [1.807, 2.05) is 18.2 Å². The molecule has 0 N–H and O–H groups in total. The van der Waals surface area contributed by atoms with Crippen molar-refractivity contribution in [3.63, 3.8) is 0 Å². The normalized spacial score (nSPS) is 21.6. The number of ether oxygens (including phenoxy) is 2. The van der Waals surface area contributed by atoms with Crippen molar-refractivity contribution in [3.05, 3.63) is 23.8 Å². The first-order chi connectivity index (χ1) is 10.1. The van der Waals surface area contributed by atoms with Crippen LogP contribution in [-0.4, -0.2) is 56.7 Å². The number of nitrogens with zero attached hydrogens (tertiary/aromatic N) is 3. The van der Waals surface area contributed by atoms with Gasteiger partial charge in [-0.05, 0) is 31.7 Å². The Labute approximate surface area is 126 Å². The molecule has 1 aromatic carbocycles. The highest BCUT2D eigenvalue weighted by atomic mass is 16.5. The summed E-state index contributed by atoms with van der Waals surface area (Å²) in [6.45, 7) is 4.96. The molecule has 1 saturated heterocycles. The highest BCUT2D eigenvalue weighted by Crippen LogP contribution is 2.32. The lowest BCUT2D eigenvalue weighted by Gasteiger charge is -2.39. The van der Waals surface area contributed by atoms with E-state index in [4.69, 9.17) is 9.47 Å². The average molecular weight is 289 g/mol. The fourth-order valence-corrected chi connectivity index (χ4v) is 2.70. The minimum atomic E-state index is -0.249. The van der Waals surface area contributed by atoms with Gasteiger partial charge in [0, 0.05) is 25.7 Å². The maximum Gasteiger partial charge on any atom is 0.161 e. The zero-order chi connectivity index (χ0) is 15.4. The summed E-state index contributed by atoms with van der Waals surface area (Å²) in [7, 11) is 5.35. The Morgan fingerprint density at radius 2 is 1.95 bits per heavy atom. The summed E-state index contributed by atoms with van der Waals surface area (Å²) in [5, 5.41) is 9.60. The van der Waals surface area contributed by atoms with E-state index in [9.17, 15) is 5.26 Å². The molecular weight excluding hydrogens is 266 g/mol. The molecule has 0 amide bonds. The second-order valence-electron chi connectivity index (χ2n) is 5.47. The molecule has 2 rings (SSSR count). The molecule has 21 heavy (non-hydrogen) atoms. The van der Waals surface area contributed by atoms with Crippen molar-refractivity contribution in [2.75, 3.05) is 40.9 Å². The van der Waals surface area contributed by atoms with Crippen LogP contribution in [0.25, 0.3) is 0 Å². The fraction of sp³-hybridized carbons (Fsp3) is 0.562. The minimum Gasteiger partial charge on any atom is -0.493 e. The molecule has 5 heteroatoms. The van der Waals surface area contributed by atoms with E-state index in [2.05, 4.69) is 29.8 Å². The van der Waals surface area contributed by atoms with Gasteiger partial charge in [0.1, 0.15) is 6.04 Å². The van der Waals surface area contributed by atoms with Crippen LogP contribution in [0, 0.1) is 11.3 Å². The molecule has 1 aromatic rings. The van der Waals surface area contributed by atoms with Crippen molar-refractivity contribution >= 4 is 0 Å². The number of hydrogen-bond donors (Lipinski definition) is 0. The topological polar surface area (TPSA) is 48.7 Å². The van der Waals surface area contributed by atoms with Crippen molar-refractivity contribution in [2.24, 2.45) is 0 Å². The molecule has 0 spiro atoms. The summed E-state index contributed by atoms with van der Waals surface area (Å²) >= 11 is 0. The summed E-state index contributed by atoms with van der Waals surface area (Å²) in [6.07, 6.45) is 0. The Morgan fingerprint density at radius 1 is 1.24 bits per heavy atom. The van der Waals surface area contributed by atoms with Crippen molar-refractivity contribution in [2.45, 2.75) is 19.0 Å². The van der Waals surface area contributed by atoms with E-state index in [-0.39, 0.29) is 6.04 Å². The molecule has 0 bridgehead atoms. The Hall–Kier alpha value is -1.77. The van der Waals surface area contributed by atoms with Crippen LogP contribution in [-0.2, 0) is 0 Å². The predicted molar refractivity (Wildman–Crippen MR) is 81.6 cm³/mol. The molecule has 1 fully saturated rings. The van der Waals surface area contributed by atoms with Crippen molar-refractivity contribution < 1.29 is 9.47 Å². The van der Waals surface area contributed by atoms with Gasteiger partial charge in [0.2, 0.25) is 0 Å². The lowest BCUT2D eigenvalue weighted by Crippen LogP contribution is -2.50. The van der Waals surface area contributed by atoms with Gasteiger partial charge in [0.05, 0.1) is 20.3 Å². The third-order valence-corrected chi connectivity index (χ3v) is 4.20. The number of hydrogen-bond acceptors (Lipinski definition) is 5. The van der Waals surface area contributed by atoms with Gasteiger partial charge in [-0.15, -0.1) is 0 Å². The molecule has 5 nitrogen and oxygen atoms in total. The number of piperazine rings is 1. The third kappa shape index (κ3) is 3.29. The van der Waals surface area contributed by atoms with E-state index in [0.717, 1.165) is 25.2 Å². The number of nitriles is 1. The second-order valence-corrected chi connectivity index (χ2v) is 5.47. The van der Waals surface area contributed by atoms with Crippen LogP contribution in [0.1, 0.15) is 18.5 Å². The van der Waals surface area contributed by atoms with Crippen LogP contribution >= 0.6 is 0 Å². The Morgan fingerprint density at radius 3 is 2.52 bits per heavy atom. The summed E-state index contributed by atoms with van der Waals surface area (Å²) < 4.78 is 10.6. The van der Waals surface area contributed by atoms with Crippen LogP contribution in [0.4, 0.5) is 0 Å². The highest BCUT2D eigenvalue weighted by molar-refractivity contribution is 5.44. The number of rotatable bonds is 4. The van der Waals surface area contributed by atoms with Gasteiger partial charge in [-0.2, -0.15) is 5.26 Å². The first-order valence-electron chi connectivity index (χ1n) is 7.16. The molecule has 2 atom stereocenters. The summed E-state index contributed by atoms with van der Waals surface area (Å²) in [4.78, 5) is 4.55. The van der Waals surface area contributed by atoms with Crippen molar-refractivity contribution in [1.82, 2.24) is 9.80 Å². The number of benzene rings is 1. The largest absolute Gasteiger partial charge is 0.493 e. The zero-order valence-corrected chi connectivity index (χ0v) is 13.2. The predicted octanol–water partition coefficient (Wildman–Crippen LogP) is 1.90. The van der Waals surface area contributed by atoms with E-state index >= 15 is 0 Å². The van der Waals surface area contributed by atoms with Crippen molar-refractivity contribution in [1.29, 1.82) is 5.26 Å². The van der Waals surface area contributed by atoms with Crippen LogP contribution in [0.2, 0.25) is 0 Å². The molecule has 1 heterocycles. The molecule has 2 unspecified atom stereocenters. The summed E-state index contributed by atoms with van der Waals surface area (Å²) in [5.41, 5.74) is 0.951. The van der Waals surface area contributed by atoms with Crippen LogP contribution in [0.15, 0.2) is 18.2 Å². The average Bonchev–Trinajstić information content (AvgIpc) is 2.51. The standard InChI is InChI=1S/C16H23N3O2/c1-12-11-19(8-7-18(12)2)14(10-17)13-5-6-15(20-3)16(9-13)21-4/h5-6,9,12,14H,7-8,11H2,1-4H3. The van der Waals surface area contributed by atoms with Gasteiger partial charge >= 0.3 is 0 Å². The molecule has 0 aliphatic carbocycles. The summed E-state index contributed by atoms with van der Waals surface area (Å²) in [5.74, 6) is 1.35. The molecule has 0 radical (unpaired) electrons. The number of methoxy groups -OCH3 is 2. The Bertz CT molecular complexity index is 527. The number of likely N-dealkylation sites (N-methyl/N-ethyl adjacent to an activating group) is 1. The zero-order valence-electron chi connectivity index (χ0n) is 13.2. The van der Waals surface area contributed by atoms with Crippen LogP contribution in [0.3, 0.4) is 0 Å². The van der Waals surface area contributed by atoms with Crippen molar-refractivity contribution in [3.8, 4) is 17.6 Å². The first kappa shape index (κ1) is 15.6. The maximum absolute atomic E-state index is 9.60. The van der Waals surface area contributed by atoms with E-state index < -0.39 is 0 Å². The van der Waals surface area contributed by atoms with Crippen LogP contribution in [0.5, 0.6) is 11.5 Å². The molecule has 0 aromatic heterocycles. The first-order valence-corrected chi connectivity index (χ1v) is 7.16. The van der Waals surface area contributed by atoms with Gasteiger partial charge in [0.15, 0.2) is 11.5 Å². The Kier molecular flexibility index (Phi) is 5.05.